The van der Waals surface area contributed by atoms with E-state index in [-0.39, 0.29) is 43.5 Å². The summed E-state index contributed by atoms with van der Waals surface area (Å²) in [6.07, 6.45) is 7.88. The van der Waals surface area contributed by atoms with E-state index in [1.165, 1.54) is 5.57 Å². The minimum atomic E-state index is 0. The molecule has 0 atom stereocenters. The van der Waals surface area contributed by atoms with E-state index in [4.69, 9.17) is 0 Å². The number of rotatable bonds is 0. The fraction of sp³-hybridized carbons (Fsp3) is 0.143. The van der Waals surface area contributed by atoms with E-state index in [2.05, 4.69) is 12.7 Å². The van der Waals surface area contributed by atoms with Crippen LogP contribution in [-0.4, -0.2) is 0 Å². The maximum atomic E-state index is 2.93. The summed E-state index contributed by atoms with van der Waals surface area (Å²) in [6.45, 7) is 2.06. The van der Waals surface area contributed by atoms with E-state index >= 15 is 0 Å². The fourth-order valence-corrected chi connectivity index (χ4v) is 0.470. The van der Waals surface area contributed by atoms with Gasteiger partial charge in [0.1, 0.15) is 0 Å². The first-order chi connectivity index (χ1) is 3.39. The molecule has 0 saturated heterocycles. The maximum absolute atomic E-state index is 2.93. The molecule has 0 nitrogen and oxygen atoms in total. The Labute approximate surface area is 85.9 Å². The van der Waals surface area contributed by atoms with E-state index in [9.17, 15) is 0 Å². The van der Waals surface area contributed by atoms with Gasteiger partial charge in [0.05, 0.1) is 0 Å². The van der Waals surface area contributed by atoms with Crippen molar-refractivity contribution in [2.45, 2.75) is 6.92 Å². The molecular weight excluding hydrogens is 276 g/mol. The molecule has 2 heteroatoms. The zero-order valence-electron chi connectivity index (χ0n) is 5.39. The van der Waals surface area contributed by atoms with Gasteiger partial charge in [-0.25, -0.2) is 0 Å². The Morgan fingerprint density at radius 1 is 1.33 bits per heavy atom. The third-order valence-corrected chi connectivity index (χ3v) is 0.885. The van der Waals surface area contributed by atoms with Crippen LogP contribution in [0.4, 0.5) is 0 Å². The normalized spacial score (nSPS) is 13.2. The standard InChI is InChI=1S/C7H7.HI.Zn/c1-7-5-3-2-4-6-7;;/h3-6H,1H3;1H;/p-1. The number of halogens is 1. The van der Waals surface area contributed by atoms with Crippen LogP contribution in [0, 0.1) is 6.42 Å². The van der Waals surface area contributed by atoms with Crippen LogP contribution in [0.5, 0.6) is 0 Å². The Morgan fingerprint density at radius 2 is 2.00 bits per heavy atom. The van der Waals surface area contributed by atoms with Gasteiger partial charge >= 0.3 is 0 Å². The fourth-order valence-electron chi connectivity index (χ4n) is 0.470. The SMILES string of the molecule is CC1=CC=C=C[CH]1.[I-].[Zn]. The van der Waals surface area contributed by atoms with Crippen molar-refractivity contribution in [2.24, 2.45) is 0 Å². The molecule has 0 aromatic carbocycles. The van der Waals surface area contributed by atoms with Crippen LogP contribution in [0.15, 0.2) is 29.5 Å². The van der Waals surface area contributed by atoms with E-state index in [0.29, 0.717) is 0 Å². The molecule has 0 unspecified atom stereocenters. The van der Waals surface area contributed by atoms with Crippen molar-refractivity contribution in [3.63, 3.8) is 0 Å². The molecule has 0 aliphatic heterocycles. The molecule has 45 valence electrons. The molecule has 0 aromatic heterocycles. The van der Waals surface area contributed by atoms with Gasteiger partial charge < -0.3 is 24.0 Å². The first-order valence-corrected chi connectivity index (χ1v) is 2.32. The van der Waals surface area contributed by atoms with Crippen molar-refractivity contribution in [3.05, 3.63) is 36.0 Å². The van der Waals surface area contributed by atoms with Gasteiger partial charge in [0.15, 0.2) is 0 Å². The molecule has 0 N–H and O–H groups in total. The molecule has 0 amide bonds. The van der Waals surface area contributed by atoms with Crippen LogP contribution in [0.3, 0.4) is 0 Å². The molecule has 1 radical (unpaired) electrons. The zero-order valence-corrected chi connectivity index (χ0v) is 10.5. The van der Waals surface area contributed by atoms with Gasteiger partial charge in [-0.2, -0.15) is 0 Å². The largest absolute Gasteiger partial charge is 1.00 e. The molecule has 0 heterocycles. The van der Waals surface area contributed by atoms with Gasteiger partial charge in [-0.05, 0) is 19.1 Å². The predicted octanol–water partition coefficient (Wildman–Crippen LogP) is -1.14. The molecule has 0 spiro atoms. The summed E-state index contributed by atoms with van der Waals surface area (Å²) in [5, 5.41) is 0. The van der Waals surface area contributed by atoms with Crippen molar-refractivity contribution in [1.29, 1.82) is 0 Å². The van der Waals surface area contributed by atoms with Crippen molar-refractivity contribution in [1.82, 2.24) is 0 Å². The van der Waals surface area contributed by atoms with Gasteiger partial charge in [-0.3, -0.25) is 0 Å². The molecular formula is C7H7IZn-. The smallest absolute Gasteiger partial charge is 0.0160 e. The van der Waals surface area contributed by atoms with E-state index < -0.39 is 0 Å². The van der Waals surface area contributed by atoms with Gasteiger partial charge in [0, 0.05) is 25.9 Å². The monoisotopic (exact) mass is 282 g/mol. The Morgan fingerprint density at radius 3 is 2.22 bits per heavy atom. The Kier molecular flexibility index (Phi) is 9.20. The minimum absolute atomic E-state index is 0. The summed E-state index contributed by atoms with van der Waals surface area (Å²) in [5.41, 5.74) is 4.22. The topological polar surface area (TPSA) is 0 Å². The van der Waals surface area contributed by atoms with Gasteiger partial charge in [-0.15, -0.1) is 5.73 Å². The number of allylic oxidation sites excluding steroid dienone is 3. The second-order valence-corrected chi connectivity index (χ2v) is 1.58. The van der Waals surface area contributed by atoms with Crippen LogP contribution in [0.2, 0.25) is 0 Å². The molecule has 9 heavy (non-hydrogen) atoms. The molecule has 1 aliphatic rings. The summed E-state index contributed by atoms with van der Waals surface area (Å²) >= 11 is 0. The van der Waals surface area contributed by atoms with E-state index in [1.54, 1.807) is 0 Å². The van der Waals surface area contributed by atoms with Crippen molar-refractivity contribution >= 4 is 0 Å². The molecule has 0 bridgehead atoms. The van der Waals surface area contributed by atoms with E-state index in [1.807, 2.05) is 24.6 Å². The third kappa shape index (κ3) is 5.08. The van der Waals surface area contributed by atoms with Crippen LogP contribution in [0.25, 0.3) is 0 Å². The average Bonchev–Trinajstić information content (AvgIpc) is 1.69. The molecule has 0 aromatic rings. The second kappa shape index (κ2) is 6.73. The second-order valence-electron chi connectivity index (χ2n) is 1.58. The van der Waals surface area contributed by atoms with Crippen molar-refractivity contribution < 1.29 is 43.5 Å². The summed E-state index contributed by atoms with van der Waals surface area (Å²) in [4.78, 5) is 0. The maximum Gasteiger partial charge on any atom is 0.0160 e. The van der Waals surface area contributed by atoms with Crippen LogP contribution < -0.4 is 24.0 Å². The molecule has 0 fully saturated rings. The average molecular weight is 283 g/mol. The summed E-state index contributed by atoms with van der Waals surface area (Å²) in [5.74, 6) is 0. The van der Waals surface area contributed by atoms with Gasteiger partial charge in [0.2, 0.25) is 0 Å². The zero-order chi connectivity index (χ0) is 5.11. The number of hydrogen-bond donors (Lipinski definition) is 0. The summed E-state index contributed by atoms with van der Waals surface area (Å²) in [7, 11) is 0. The number of hydrogen-bond acceptors (Lipinski definition) is 0. The van der Waals surface area contributed by atoms with Crippen LogP contribution in [0.1, 0.15) is 6.92 Å². The van der Waals surface area contributed by atoms with E-state index in [0.717, 1.165) is 0 Å². The minimum Gasteiger partial charge on any atom is -1.00 e. The Bertz CT molecular complexity index is 152. The first kappa shape index (κ1) is 12.3. The predicted molar refractivity (Wildman–Crippen MR) is 30.7 cm³/mol. The molecule has 1 rings (SSSR count). The first-order valence-electron chi connectivity index (χ1n) is 2.32. The Balaban J connectivity index is 0. The summed E-state index contributed by atoms with van der Waals surface area (Å²) < 4.78 is 0. The molecule has 0 saturated carbocycles. The van der Waals surface area contributed by atoms with Crippen LogP contribution in [-0.2, 0) is 19.5 Å². The Hall–Kier alpha value is 0.613. The van der Waals surface area contributed by atoms with Gasteiger partial charge in [0.25, 0.3) is 0 Å². The quantitative estimate of drug-likeness (QED) is 0.300. The summed E-state index contributed by atoms with van der Waals surface area (Å²) in [6, 6.07) is 0. The third-order valence-electron chi connectivity index (χ3n) is 0.885. The molecule has 1 aliphatic carbocycles. The van der Waals surface area contributed by atoms with Crippen LogP contribution >= 0.6 is 0 Å². The van der Waals surface area contributed by atoms with Crippen molar-refractivity contribution in [2.75, 3.05) is 0 Å². The van der Waals surface area contributed by atoms with Gasteiger partial charge in [-0.1, -0.05) is 11.6 Å². The van der Waals surface area contributed by atoms with Crippen molar-refractivity contribution in [3.8, 4) is 0 Å².